The molecule has 7 nitrogen and oxygen atoms in total. The van der Waals surface area contributed by atoms with E-state index < -0.39 is 9.84 Å². The van der Waals surface area contributed by atoms with Crippen molar-refractivity contribution in [1.29, 1.82) is 0 Å². The summed E-state index contributed by atoms with van der Waals surface area (Å²) in [5.41, 5.74) is 3.25. The van der Waals surface area contributed by atoms with Gasteiger partial charge in [0.05, 0.1) is 39.7 Å². The Labute approximate surface area is 173 Å². The van der Waals surface area contributed by atoms with Gasteiger partial charge >= 0.3 is 0 Å². The van der Waals surface area contributed by atoms with E-state index in [2.05, 4.69) is 21.0 Å². The highest BCUT2D eigenvalue weighted by atomic mass is 79.9. The van der Waals surface area contributed by atoms with Crippen LogP contribution in [0.2, 0.25) is 0 Å². The fourth-order valence-corrected chi connectivity index (χ4v) is 5.42. The van der Waals surface area contributed by atoms with Crippen molar-refractivity contribution in [1.82, 2.24) is 14.7 Å². The van der Waals surface area contributed by atoms with E-state index >= 15 is 0 Å². The van der Waals surface area contributed by atoms with E-state index in [1.807, 2.05) is 30.7 Å². The minimum absolute atomic E-state index is 0.0142. The molecule has 2 heterocycles. The van der Waals surface area contributed by atoms with Gasteiger partial charge in [-0.15, -0.1) is 0 Å². The molecule has 1 fully saturated rings. The number of hydrogen-bond acceptors (Lipinski definition) is 5. The van der Waals surface area contributed by atoms with E-state index in [1.165, 1.54) is 0 Å². The van der Waals surface area contributed by atoms with Gasteiger partial charge in [0.1, 0.15) is 0 Å². The van der Waals surface area contributed by atoms with Crippen LogP contribution in [0.25, 0.3) is 5.69 Å². The molecule has 1 aliphatic heterocycles. The largest absolute Gasteiger partial charge is 0.383 e. The highest BCUT2D eigenvalue weighted by Gasteiger charge is 2.34. The van der Waals surface area contributed by atoms with Crippen LogP contribution in [0, 0.1) is 13.8 Å². The smallest absolute Gasteiger partial charge is 0.254 e. The number of benzene rings is 1. The van der Waals surface area contributed by atoms with Crippen molar-refractivity contribution in [3.63, 3.8) is 0 Å². The minimum atomic E-state index is -3.08. The van der Waals surface area contributed by atoms with Crippen LogP contribution < -0.4 is 0 Å². The van der Waals surface area contributed by atoms with Crippen molar-refractivity contribution in [2.24, 2.45) is 0 Å². The predicted octanol–water partition coefficient (Wildman–Crippen LogP) is 2.53. The maximum absolute atomic E-state index is 13.1. The van der Waals surface area contributed by atoms with Crippen LogP contribution in [0.5, 0.6) is 0 Å². The molecule has 0 saturated carbocycles. The molecule has 1 aromatic heterocycles. The summed E-state index contributed by atoms with van der Waals surface area (Å²) >= 11 is 3.52. The van der Waals surface area contributed by atoms with Gasteiger partial charge < -0.3 is 9.64 Å². The zero-order valence-corrected chi connectivity index (χ0v) is 18.6. The monoisotopic (exact) mass is 469 g/mol. The van der Waals surface area contributed by atoms with Gasteiger partial charge in [-0.3, -0.25) is 4.79 Å². The molecule has 1 unspecified atom stereocenters. The van der Waals surface area contributed by atoms with E-state index in [-0.39, 0.29) is 23.5 Å². The molecule has 152 valence electrons. The predicted molar refractivity (Wildman–Crippen MR) is 111 cm³/mol. The second-order valence-corrected chi connectivity index (χ2v) is 10.0. The van der Waals surface area contributed by atoms with Gasteiger partial charge in [-0.25, -0.2) is 13.1 Å². The Morgan fingerprint density at radius 2 is 2.00 bits per heavy atom. The van der Waals surface area contributed by atoms with Gasteiger partial charge in [0.15, 0.2) is 9.84 Å². The zero-order valence-electron chi connectivity index (χ0n) is 16.2. The zero-order chi connectivity index (χ0) is 20.5. The second kappa shape index (κ2) is 8.34. The Morgan fingerprint density at radius 3 is 2.50 bits per heavy atom. The number of aryl methyl sites for hydroxylation is 1. The lowest BCUT2D eigenvalue weighted by atomic mass is 10.1. The van der Waals surface area contributed by atoms with Crippen LogP contribution in [0.1, 0.15) is 28.2 Å². The lowest BCUT2D eigenvalue weighted by molar-refractivity contribution is 0.0624. The van der Waals surface area contributed by atoms with Crippen LogP contribution in [-0.2, 0) is 14.6 Å². The summed E-state index contributed by atoms with van der Waals surface area (Å²) in [6.45, 7) is 4.62. The highest BCUT2D eigenvalue weighted by Crippen LogP contribution is 2.24. The van der Waals surface area contributed by atoms with Gasteiger partial charge in [-0.2, -0.15) is 5.10 Å². The Bertz CT molecular complexity index is 970. The van der Waals surface area contributed by atoms with Gasteiger partial charge in [0, 0.05) is 25.3 Å². The van der Waals surface area contributed by atoms with Crippen LogP contribution in [-0.4, -0.2) is 66.8 Å². The molecule has 0 aliphatic carbocycles. The third kappa shape index (κ3) is 4.31. The summed E-state index contributed by atoms with van der Waals surface area (Å²) in [6, 6.07) is 6.90. The van der Waals surface area contributed by atoms with Crippen LogP contribution >= 0.6 is 15.9 Å². The molecule has 28 heavy (non-hydrogen) atoms. The first-order valence-electron chi connectivity index (χ1n) is 9.06. The third-order valence-corrected chi connectivity index (χ3v) is 7.91. The van der Waals surface area contributed by atoms with Gasteiger partial charge in [-0.05, 0) is 60.5 Å². The number of ether oxygens (including phenoxy) is 1. The Morgan fingerprint density at radius 1 is 1.32 bits per heavy atom. The van der Waals surface area contributed by atoms with Gasteiger partial charge in [-0.1, -0.05) is 0 Å². The first-order chi connectivity index (χ1) is 13.2. The molecular formula is C19H24BrN3O4S. The maximum Gasteiger partial charge on any atom is 0.254 e. The number of carbonyl (C=O) groups excluding carboxylic acids is 1. The average Bonchev–Trinajstić information content (AvgIpc) is 3.16. The molecule has 0 N–H and O–H groups in total. The molecule has 1 saturated heterocycles. The van der Waals surface area contributed by atoms with Gasteiger partial charge in [0.2, 0.25) is 0 Å². The van der Waals surface area contributed by atoms with Crippen molar-refractivity contribution in [3.8, 4) is 5.69 Å². The standard InChI is InChI=1S/C19H24BrN3O4S/c1-13-18(20)14(2)23(21-13)16-6-4-15(5-7-16)19(24)22(9-10-27-3)17-8-11-28(25,26)12-17/h4-7,17H,8-12H2,1-3H3. The summed E-state index contributed by atoms with van der Waals surface area (Å²) in [5.74, 6) is -0.0409. The molecule has 9 heteroatoms. The number of sulfone groups is 1. The summed E-state index contributed by atoms with van der Waals surface area (Å²) < 4.78 is 31.6. The molecule has 1 atom stereocenters. The van der Waals surface area contributed by atoms with Crippen molar-refractivity contribution >= 4 is 31.7 Å². The molecule has 1 aliphatic rings. The Kier molecular flexibility index (Phi) is 6.26. The molecule has 2 aromatic rings. The summed E-state index contributed by atoms with van der Waals surface area (Å²) in [7, 11) is -1.52. The summed E-state index contributed by atoms with van der Waals surface area (Å²) in [6.07, 6.45) is 0.468. The van der Waals surface area contributed by atoms with E-state index in [4.69, 9.17) is 4.74 Å². The number of nitrogens with zero attached hydrogens (tertiary/aromatic N) is 3. The van der Waals surface area contributed by atoms with Crippen molar-refractivity contribution in [3.05, 3.63) is 45.7 Å². The number of aromatic nitrogens is 2. The number of carbonyl (C=O) groups is 1. The quantitative estimate of drug-likeness (QED) is 0.648. The summed E-state index contributed by atoms with van der Waals surface area (Å²) in [5, 5.41) is 4.50. The summed E-state index contributed by atoms with van der Waals surface area (Å²) in [4.78, 5) is 14.7. The third-order valence-electron chi connectivity index (χ3n) is 5.01. The maximum atomic E-state index is 13.1. The number of halogens is 1. The van der Waals surface area contributed by atoms with Crippen molar-refractivity contribution < 1.29 is 17.9 Å². The van der Waals surface area contributed by atoms with Crippen LogP contribution in [0.4, 0.5) is 0 Å². The Hall–Kier alpha value is -1.71. The van der Waals surface area contributed by atoms with Crippen LogP contribution in [0.3, 0.4) is 0 Å². The topological polar surface area (TPSA) is 81.5 Å². The molecule has 1 amide bonds. The molecule has 0 spiro atoms. The van der Waals surface area contributed by atoms with Crippen molar-refractivity contribution in [2.75, 3.05) is 31.8 Å². The van der Waals surface area contributed by atoms with E-state index in [1.54, 1.807) is 24.1 Å². The molecular weight excluding hydrogens is 446 g/mol. The minimum Gasteiger partial charge on any atom is -0.383 e. The van der Waals surface area contributed by atoms with E-state index in [0.29, 0.717) is 25.1 Å². The van der Waals surface area contributed by atoms with E-state index in [0.717, 1.165) is 21.5 Å². The number of methoxy groups -OCH3 is 1. The van der Waals surface area contributed by atoms with Gasteiger partial charge in [0.25, 0.3) is 5.91 Å². The second-order valence-electron chi connectivity index (χ2n) is 6.99. The van der Waals surface area contributed by atoms with E-state index in [9.17, 15) is 13.2 Å². The molecule has 3 rings (SSSR count). The first-order valence-corrected chi connectivity index (χ1v) is 11.7. The first kappa shape index (κ1) is 21.0. The highest BCUT2D eigenvalue weighted by molar-refractivity contribution is 9.10. The normalized spacial score (nSPS) is 18.4. The Balaban J connectivity index is 1.84. The molecule has 1 aromatic carbocycles. The molecule has 0 radical (unpaired) electrons. The van der Waals surface area contributed by atoms with Crippen molar-refractivity contribution in [2.45, 2.75) is 26.3 Å². The molecule has 0 bridgehead atoms. The SMILES string of the molecule is COCCN(C(=O)c1ccc(-n2nc(C)c(Br)c2C)cc1)C1CCS(=O)(=O)C1. The number of amides is 1. The lowest BCUT2D eigenvalue weighted by Gasteiger charge is -2.28. The van der Waals surface area contributed by atoms with Crippen LogP contribution in [0.15, 0.2) is 28.7 Å². The lowest BCUT2D eigenvalue weighted by Crippen LogP contribution is -2.43. The average molecular weight is 470 g/mol. The fraction of sp³-hybridized carbons (Fsp3) is 0.474. The fourth-order valence-electron chi connectivity index (χ4n) is 3.45. The number of rotatable bonds is 6. The number of hydrogen-bond donors (Lipinski definition) is 0.